The number of hydrogen-bond acceptors (Lipinski definition) is 2. The summed E-state index contributed by atoms with van der Waals surface area (Å²) in [4.78, 5) is 4.09. The van der Waals surface area contributed by atoms with Gasteiger partial charge in [0, 0.05) is 32.4 Å². The fourth-order valence-electron chi connectivity index (χ4n) is 2.29. The van der Waals surface area contributed by atoms with Crippen LogP contribution in [0.25, 0.3) is 0 Å². The number of nitrogens with one attached hydrogen (secondary N) is 1. The molecule has 0 bridgehead atoms. The molecule has 0 aliphatic carbocycles. The highest BCUT2D eigenvalue weighted by molar-refractivity contribution is 14.1. The van der Waals surface area contributed by atoms with Crippen molar-refractivity contribution in [2.75, 3.05) is 7.05 Å². The highest BCUT2D eigenvalue weighted by Gasteiger charge is 2.21. The van der Waals surface area contributed by atoms with E-state index >= 15 is 0 Å². The molecule has 1 heterocycles. The first-order valence-electron chi connectivity index (χ1n) is 6.15. The summed E-state index contributed by atoms with van der Waals surface area (Å²) in [5, 5.41) is 3.44. The van der Waals surface area contributed by atoms with Crippen molar-refractivity contribution in [3.63, 3.8) is 0 Å². The molecule has 0 radical (unpaired) electrons. The molecule has 1 aromatic carbocycles. The molecule has 1 aromatic heterocycles. The van der Waals surface area contributed by atoms with Crippen LogP contribution in [0.5, 0.6) is 0 Å². The van der Waals surface area contributed by atoms with E-state index in [4.69, 9.17) is 0 Å². The SMILES string of the molecule is CNC(c1cc(Br)ccc1I)C(C)c1ccncc1. The minimum atomic E-state index is 0.284. The first-order chi connectivity index (χ1) is 9.13. The molecule has 2 rings (SSSR count). The van der Waals surface area contributed by atoms with Crippen molar-refractivity contribution >= 4 is 38.5 Å². The number of benzene rings is 1. The summed E-state index contributed by atoms with van der Waals surface area (Å²) < 4.78 is 2.39. The molecule has 2 aromatic rings. The molecule has 19 heavy (non-hydrogen) atoms. The van der Waals surface area contributed by atoms with Gasteiger partial charge in [-0.15, -0.1) is 0 Å². The summed E-state index contributed by atoms with van der Waals surface area (Å²) in [6, 6.07) is 10.9. The van der Waals surface area contributed by atoms with Gasteiger partial charge in [-0.1, -0.05) is 22.9 Å². The summed E-state index contributed by atoms with van der Waals surface area (Å²) in [6.07, 6.45) is 3.70. The molecule has 2 atom stereocenters. The zero-order valence-electron chi connectivity index (χ0n) is 10.9. The van der Waals surface area contributed by atoms with Crippen molar-refractivity contribution in [3.05, 3.63) is 61.9 Å². The van der Waals surface area contributed by atoms with Gasteiger partial charge in [0.25, 0.3) is 0 Å². The van der Waals surface area contributed by atoms with E-state index in [0.29, 0.717) is 5.92 Å². The maximum absolute atomic E-state index is 4.09. The lowest BCUT2D eigenvalue weighted by atomic mass is 9.89. The van der Waals surface area contributed by atoms with Crippen LogP contribution in [0, 0.1) is 3.57 Å². The van der Waals surface area contributed by atoms with E-state index in [1.807, 2.05) is 19.4 Å². The molecule has 0 saturated heterocycles. The van der Waals surface area contributed by atoms with Crippen molar-refractivity contribution in [2.45, 2.75) is 18.9 Å². The Hall–Kier alpha value is -0.460. The van der Waals surface area contributed by atoms with E-state index < -0.39 is 0 Å². The van der Waals surface area contributed by atoms with Crippen molar-refractivity contribution in [1.29, 1.82) is 0 Å². The minimum absolute atomic E-state index is 0.284. The Morgan fingerprint density at radius 1 is 1.21 bits per heavy atom. The number of rotatable bonds is 4. The lowest BCUT2D eigenvalue weighted by molar-refractivity contribution is 0.505. The largest absolute Gasteiger partial charge is 0.312 e. The lowest BCUT2D eigenvalue weighted by Gasteiger charge is -2.25. The molecule has 0 aliphatic heterocycles. The van der Waals surface area contributed by atoms with Gasteiger partial charge in [0.1, 0.15) is 0 Å². The van der Waals surface area contributed by atoms with E-state index in [2.05, 4.69) is 86.1 Å². The van der Waals surface area contributed by atoms with Crippen LogP contribution in [0.4, 0.5) is 0 Å². The molecule has 0 saturated carbocycles. The van der Waals surface area contributed by atoms with Crippen LogP contribution >= 0.6 is 38.5 Å². The van der Waals surface area contributed by atoms with Gasteiger partial charge in [0.2, 0.25) is 0 Å². The third-order valence-corrected chi connectivity index (χ3v) is 4.81. The monoisotopic (exact) mass is 430 g/mol. The van der Waals surface area contributed by atoms with Crippen LogP contribution in [0.2, 0.25) is 0 Å². The van der Waals surface area contributed by atoms with Crippen molar-refractivity contribution in [2.24, 2.45) is 0 Å². The number of hydrogen-bond donors (Lipinski definition) is 1. The van der Waals surface area contributed by atoms with Crippen LogP contribution in [-0.2, 0) is 0 Å². The molecule has 1 N–H and O–H groups in total. The summed E-state index contributed by atoms with van der Waals surface area (Å²) in [7, 11) is 2.01. The number of nitrogens with zero attached hydrogens (tertiary/aromatic N) is 1. The van der Waals surface area contributed by atoms with Gasteiger partial charge >= 0.3 is 0 Å². The maximum Gasteiger partial charge on any atom is 0.0395 e. The number of halogens is 2. The Bertz CT molecular complexity index is 545. The van der Waals surface area contributed by atoms with Gasteiger partial charge < -0.3 is 5.32 Å². The average Bonchev–Trinajstić information content (AvgIpc) is 2.44. The van der Waals surface area contributed by atoms with Crippen molar-refractivity contribution < 1.29 is 0 Å². The van der Waals surface area contributed by atoms with Gasteiger partial charge in [-0.3, -0.25) is 4.98 Å². The van der Waals surface area contributed by atoms with Crippen LogP contribution in [0.3, 0.4) is 0 Å². The van der Waals surface area contributed by atoms with E-state index in [0.717, 1.165) is 4.47 Å². The standard InChI is InChI=1S/C15H16BrIN2/c1-10(11-5-7-19-8-6-11)15(18-2)13-9-12(16)3-4-14(13)17/h3-10,15,18H,1-2H3. The normalized spacial score (nSPS) is 14.1. The van der Waals surface area contributed by atoms with Gasteiger partial charge in [0.15, 0.2) is 0 Å². The third kappa shape index (κ3) is 3.55. The second-order valence-corrected chi connectivity index (χ2v) is 6.58. The highest BCUT2D eigenvalue weighted by atomic mass is 127. The predicted octanol–water partition coefficient (Wildman–Crippen LogP) is 4.51. The zero-order valence-corrected chi connectivity index (χ0v) is 14.6. The van der Waals surface area contributed by atoms with Gasteiger partial charge in [-0.25, -0.2) is 0 Å². The smallest absolute Gasteiger partial charge is 0.0395 e. The Balaban J connectivity index is 2.37. The molecular formula is C15H16BrIN2. The predicted molar refractivity (Wildman–Crippen MR) is 91.3 cm³/mol. The van der Waals surface area contributed by atoms with E-state index in [1.165, 1.54) is 14.7 Å². The molecule has 0 fully saturated rings. The van der Waals surface area contributed by atoms with Crippen LogP contribution in [0.15, 0.2) is 47.2 Å². The first-order valence-corrected chi connectivity index (χ1v) is 8.02. The fraction of sp³-hybridized carbons (Fsp3) is 0.267. The van der Waals surface area contributed by atoms with Crippen LogP contribution in [-0.4, -0.2) is 12.0 Å². The number of likely N-dealkylation sites (N-methyl/N-ethyl adjacent to an activating group) is 1. The number of aromatic nitrogens is 1. The Labute approximate surface area is 136 Å². The fourth-order valence-corrected chi connectivity index (χ4v) is 3.34. The van der Waals surface area contributed by atoms with E-state index in [-0.39, 0.29) is 6.04 Å². The first kappa shape index (κ1) is 14.9. The Morgan fingerprint density at radius 2 is 1.89 bits per heavy atom. The molecule has 0 aliphatic rings. The van der Waals surface area contributed by atoms with Crippen molar-refractivity contribution in [3.8, 4) is 0 Å². The second-order valence-electron chi connectivity index (χ2n) is 4.50. The second kappa shape index (κ2) is 6.81. The van der Waals surface area contributed by atoms with Crippen molar-refractivity contribution in [1.82, 2.24) is 10.3 Å². The van der Waals surface area contributed by atoms with Gasteiger partial charge in [-0.05, 0) is 71.1 Å². The van der Waals surface area contributed by atoms with Crippen LogP contribution < -0.4 is 5.32 Å². The Kier molecular flexibility index (Phi) is 5.36. The van der Waals surface area contributed by atoms with Gasteiger partial charge in [0.05, 0.1) is 0 Å². The maximum atomic E-state index is 4.09. The summed E-state index contributed by atoms with van der Waals surface area (Å²) in [5.74, 6) is 0.385. The van der Waals surface area contributed by atoms with E-state index in [9.17, 15) is 0 Å². The van der Waals surface area contributed by atoms with E-state index in [1.54, 1.807) is 0 Å². The lowest BCUT2D eigenvalue weighted by Crippen LogP contribution is -2.23. The van der Waals surface area contributed by atoms with Crippen LogP contribution in [0.1, 0.15) is 30.0 Å². The average molecular weight is 431 g/mol. The quantitative estimate of drug-likeness (QED) is 0.721. The molecule has 0 amide bonds. The molecule has 4 heteroatoms. The number of pyridine rings is 1. The molecule has 100 valence electrons. The summed E-state index contributed by atoms with van der Waals surface area (Å²) in [6.45, 7) is 2.24. The molecular weight excluding hydrogens is 415 g/mol. The third-order valence-electron chi connectivity index (χ3n) is 3.34. The zero-order chi connectivity index (χ0) is 13.8. The summed E-state index contributed by atoms with van der Waals surface area (Å²) in [5.41, 5.74) is 2.62. The van der Waals surface area contributed by atoms with Gasteiger partial charge in [-0.2, -0.15) is 0 Å². The highest BCUT2D eigenvalue weighted by Crippen LogP contribution is 2.33. The topological polar surface area (TPSA) is 24.9 Å². The molecule has 0 spiro atoms. The Morgan fingerprint density at radius 3 is 2.53 bits per heavy atom. The summed E-state index contributed by atoms with van der Waals surface area (Å²) >= 11 is 5.95. The minimum Gasteiger partial charge on any atom is -0.312 e. The molecule has 2 nitrogen and oxygen atoms in total. The molecule has 2 unspecified atom stereocenters.